The van der Waals surface area contributed by atoms with Crippen LogP contribution in [0, 0.1) is 6.92 Å². The molecule has 3 nitrogen and oxygen atoms in total. The van der Waals surface area contributed by atoms with Crippen molar-refractivity contribution >= 4 is 11.3 Å². The van der Waals surface area contributed by atoms with Crippen LogP contribution in [-0.4, -0.2) is 50.1 Å². The van der Waals surface area contributed by atoms with E-state index < -0.39 is 0 Å². The average Bonchev–Trinajstić information content (AvgIpc) is 2.63. The zero-order valence-corrected chi connectivity index (χ0v) is 11.9. The maximum Gasteiger partial charge on any atom is 0.0296 e. The minimum atomic E-state index is 0.994. The van der Waals surface area contributed by atoms with Crippen molar-refractivity contribution in [1.29, 1.82) is 0 Å². The third-order valence-corrected chi connectivity index (χ3v) is 4.51. The van der Waals surface area contributed by atoms with Gasteiger partial charge in [0.25, 0.3) is 0 Å². The van der Waals surface area contributed by atoms with E-state index in [0.29, 0.717) is 0 Å². The van der Waals surface area contributed by atoms with Crippen LogP contribution in [0.2, 0.25) is 0 Å². The second kappa shape index (κ2) is 5.96. The second-order valence-electron chi connectivity index (χ2n) is 4.90. The van der Waals surface area contributed by atoms with Gasteiger partial charge in [0.05, 0.1) is 0 Å². The fraction of sp³-hybridized carbons (Fsp3) is 0.692. The molecule has 1 N–H and O–H groups in total. The summed E-state index contributed by atoms with van der Waals surface area (Å²) in [5.41, 5.74) is 1.52. The number of hydrogen-bond acceptors (Lipinski definition) is 4. The van der Waals surface area contributed by atoms with Crippen LogP contribution in [0.25, 0.3) is 0 Å². The predicted octanol–water partition coefficient (Wildman–Crippen LogP) is 1.52. The number of piperazine rings is 1. The summed E-state index contributed by atoms with van der Waals surface area (Å²) in [5.74, 6) is 0. The fourth-order valence-electron chi connectivity index (χ4n) is 2.25. The Morgan fingerprint density at radius 2 is 2.00 bits per heavy atom. The largest absolute Gasteiger partial charge is 0.315 e. The Balaban J connectivity index is 1.93. The Hall–Kier alpha value is -0.420. The van der Waals surface area contributed by atoms with Gasteiger partial charge in [-0.25, -0.2) is 0 Å². The number of hydrogen-bond donors (Lipinski definition) is 1. The molecule has 0 atom stereocenters. The maximum atomic E-state index is 3.22. The predicted molar refractivity (Wildman–Crippen MR) is 74.6 cm³/mol. The van der Waals surface area contributed by atoms with Gasteiger partial charge in [-0.15, -0.1) is 11.3 Å². The lowest BCUT2D eigenvalue weighted by Crippen LogP contribution is -2.43. The molecule has 0 aliphatic carbocycles. The van der Waals surface area contributed by atoms with Gasteiger partial charge < -0.3 is 10.2 Å². The molecule has 1 aliphatic heterocycles. The van der Waals surface area contributed by atoms with Gasteiger partial charge in [-0.05, 0) is 32.6 Å². The monoisotopic (exact) mass is 253 g/mol. The Kier molecular flexibility index (Phi) is 4.56. The molecule has 1 aromatic heterocycles. The molecule has 0 spiro atoms. The summed E-state index contributed by atoms with van der Waals surface area (Å²) >= 11 is 1.93. The first kappa shape index (κ1) is 13.0. The normalized spacial score (nSPS) is 18.8. The van der Waals surface area contributed by atoms with Crippen LogP contribution in [0.5, 0.6) is 0 Å². The highest BCUT2D eigenvalue weighted by atomic mass is 32.1. The third kappa shape index (κ3) is 3.52. The number of likely N-dealkylation sites (N-methyl/N-ethyl adjacent to an activating group) is 1. The summed E-state index contributed by atoms with van der Waals surface area (Å²) in [5, 5.41) is 3.22. The van der Waals surface area contributed by atoms with Crippen molar-refractivity contribution in [3.8, 4) is 0 Å². The minimum absolute atomic E-state index is 0.994. The Morgan fingerprint density at radius 3 is 2.65 bits per heavy atom. The maximum absolute atomic E-state index is 3.22. The van der Waals surface area contributed by atoms with Gasteiger partial charge in [0.15, 0.2) is 0 Å². The number of nitrogens with one attached hydrogen (secondary N) is 1. The van der Waals surface area contributed by atoms with E-state index in [4.69, 9.17) is 0 Å². The summed E-state index contributed by atoms with van der Waals surface area (Å²) in [4.78, 5) is 7.91. The van der Waals surface area contributed by atoms with Crippen molar-refractivity contribution in [3.05, 3.63) is 21.4 Å². The third-order valence-electron chi connectivity index (χ3n) is 3.41. The lowest BCUT2D eigenvalue weighted by molar-refractivity contribution is 0.148. The summed E-state index contributed by atoms with van der Waals surface area (Å²) in [6, 6.07) is 2.37. The van der Waals surface area contributed by atoms with Crippen molar-refractivity contribution in [2.24, 2.45) is 0 Å². The molecule has 0 amide bonds. The molecule has 1 fully saturated rings. The molecule has 0 aromatic carbocycles. The van der Waals surface area contributed by atoms with E-state index in [1.54, 1.807) is 0 Å². The van der Waals surface area contributed by atoms with Gasteiger partial charge in [-0.1, -0.05) is 0 Å². The van der Waals surface area contributed by atoms with E-state index in [1.165, 1.54) is 41.5 Å². The first-order valence-electron chi connectivity index (χ1n) is 6.32. The Bertz CT molecular complexity index is 354. The molecule has 2 rings (SSSR count). The highest BCUT2D eigenvalue weighted by Crippen LogP contribution is 2.23. The van der Waals surface area contributed by atoms with Gasteiger partial charge in [0.2, 0.25) is 0 Å². The van der Waals surface area contributed by atoms with Gasteiger partial charge in [0.1, 0.15) is 0 Å². The molecule has 1 aromatic rings. The van der Waals surface area contributed by atoms with Crippen molar-refractivity contribution in [3.63, 3.8) is 0 Å². The van der Waals surface area contributed by atoms with Gasteiger partial charge in [-0.2, -0.15) is 0 Å². The van der Waals surface area contributed by atoms with Crippen molar-refractivity contribution in [2.75, 3.05) is 40.3 Å². The number of aryl methyl sites for hydroxylation is 1. The Morgan fingerprint density at radius 1 is 1.29 bits per heavy atom. The molecule has 17 heavy (non-hydrogen) atoms. The molecule has 2 heterocycles. The number of thiophene rings is 1. The molecule has 96 valence electrons. The topological polar surface area (TPSA) is 18.5 Å². The van der Waals surface area contributed by atoms with E-state index in [-0.39, 0.29) is 0 Å². The quantitative estimate of drug-likeness (QED) is 0.878. The van der Waals surface area contributed by atoms with E-state index in [0.717, 1.165) is 13.1 Å². The summed E-state index contributed by atoms with van der Waals surface area (Å²) in [6.07, 6.45) is 0. The zero-order valence-electron chi connectivity index (χ0n) is 11.1. The summed E-state index contributed by atoms with van der Waals surface area (Å²) in [7, 11) is 4.22. The van der Waals surface area contributed by atoms with Crippen LogP contribution in [0.1, 0.15) is 15.3 Å². The minimum Gasteiger partial charge on any atom is -0.315 e. The summed E-state index contributed by atoms with van der Waals surface area (Å²) < 4.78 is 0. The summed E-state index contributed by atoms with van der Waals surface area (Å²) in [6.45, 7) is 9.17. The molecular formula is C13H23N3S. The first-order valence-corrected chi connectivity index (χ1v) is 7.14. The number of nitrogens with zero attached hydrogens (tertiary/aromatic N) is 2. The highest BCUT2D eigenvalue weighted by molar-refractivity contribution is 7.12. The van der Waals surface area contributed by atoms with Crippen LogP contribution in [0.15, 0.2) is 6.07 Å². The lowest BCUT2D eigenvalue weighted by atomic mass is 10.2. The molecule has 4 heteroatoms. The molecule has 0 bridgehead atoms. The van der Waals surface area contributed by atoms with Crippen molar-refractivity contribution < 1.29 is 0 Å². The van der Waals surface area contributed by atoms with Crippen LogP contribution < -0.4 is 5.32 Å². The molecular weight excluding hydrogens is 230 g/mol. The standard InChI is InChI=1S/C13H23N3S/c1-11-12(8-13(17-11)9-14-2)10-16-6-4-15(3)5-7-16/h8,14H,4-7,9-10H2,1-3H3. The average molecular weight is 253 g/mol. The smallest absolute Gasteiger partial charge is 0.0296 e. The van der Waals surface area contributed by atoms with E-state index in [9.17, 15) is 0 Å². The van der Waals surface area contributed by atoms with E-state index in [1.807, 2.05) is 18.4 Å². The van der Waals surface area contributed by atoms with E-state index in [2.05, 4.69) is 35.2 Å². The molecule has 1 aliphatic rings. The van der Waals surface area contributed by atoms with Crippen molar-refractivity contribution in [2.45, 2.75) is 20.0 Å². The van der Waals surface area contributed by atoms with Crippen LogP contribution in [0.3, 0.4) is 0 Å². The van der Waals surface area contributed by atoms with Crippen molar-refractivity contribution in [1.82, 2.24) is 15.1 Å². The van der Waals surface area contributed by atoms with E-state index >= 15 is 0 Å². The van der Waals surface area contributed by atoms with Gasteiger partial charge >= 0.3 is 0 Å². The molecule has 0 saturated carbocycles. The first-order chi connectivity index (χ1) is 8.19. The lowest BCUT2D eigenvalue weighted by Gasteiger charge is -2.32. The van der Waals surface area contributed by atoms with Gasteiger partial charge in [-0.3, -0.25) is 4.90 Å². The number of rotatable bonds is 4. The SMILES string of the molecule is CNCc1cc(CN2CCN(C)CC2)c(C)s1. The molecule has 1 saturated heterocycles. The van der Waals surface area contributed by atoms with Crippen LogP contribution in [0.4, 0.5) is 0 Å². The van der Waals surface area contributed by atoms with Crippen LogP contribution in [-0.2, 0) is 13.1 Å². The van der Waals surface area contributed by atoms with Crippen LogP contribution >= 0.6 is 11.3 Å². The fourth-order valence-corrected chi connectivity index (χ4v) is 3.32. The van der Waals surface area contributed by atoms with Gasteiger partial charge in [0, 0.05) is 49.0 Å². The highest BCUT2D eigenvalue weighted by Gasteiger charge is 2.15. The zero-order chi connectivity index (χ0) is 12.3. The molecule has 0 radical (unpaired) electrons. The second-order valence-corrected chi connectivity index (χ2v) is 6.24. The molecule has 0 unspecified atom stereocenters. The Labute approximate surface area is 108 Å².